The molecule has 1 saturated carbocycles. The Morgan fingerprint density at radius 1 is 1.41 bits per heavy atom. The average molecular weight is 319 g/mol. The molecule has 2 aromatic heterocycles. The Hall–Kier alpha value is -1.24. The van der Waals surface area contributed by atoms with Crippen LogP contribution in [0.25, 0.3) is 10.2 Å². The molecule has 118 valence electrons. The maximum absolute atomic E-state index is 10.3. The molecule has 3 heterocycles. The van der Waals surface area contributed by atoms with Crippen molar-refractivity contribution in [2.45, 2.75) is 38.4 Å². The highest BCUT2D eigenvalue weighted by molar-refractivity contribution is 7.16. The number of thiophene rings is 1. The summed E-state index contributed by atoms with van der Waals surface area (Å²) in [5.41, 5.74) is -0.0344. The van der Waals surface area contributed by atoms with E-state index in [0.717, 1.165) is 55.0 Å². The van der Waals surface area contributed by atoms with Crippen LogP contribution in [0.1, 0.15) is 26.2 Å². The number of rotatable bonds is 3. The minimum atomic E-state index is -0.210. The van der Waals surface area contributed by atoms with Crippen LogP contribution in [0, 0.1) is 5.41 Å². The summed E-state index contributed by atoms with van der Waals surface area (Å²) in [4.78, 5) is 12.2. The van der Waals surface area contributed by atoms with Crippen molar-refractivity contribution in [2.75, 3.05) is 24.6 Å². The van der Waals surface area contributed by atoms with Gasteiger partial charge in [-0.05, 0) is 31.2 Å². The van der Waals surface area contributed by atoms with Crippen molar-refractivity contribution in [3.05, 3.63) is 17.8 Å². The third-order valence-electron chi connectivity index (χ3n) is 5.34. The average Bonchev–Trinajstić information content (AvgIpc) is 3.03. The highest BCUT2D eigenvalue weighted by atomic mass is 32.1. The van der Waals surface area contributed by atoms with E-state index in [1.54, 1.807) is 17.7 Å². The minimum Gasteiger partial charge on any atom is -0.392 e. The summed E-state index contributed by atoms with van der Waals surface area (Å²) in [6, 6.07) is 2.10. The van der Waals surface area contributed by atoms with E-state index in [4.69, 9.17) is 4.74 Å². The molecule has 0 radical (unpaired) electrons. The smallest absolute Gasteiger partial charge is 0.140 e. The number of piperidine rings is 1. The van der Waals surface area contributed by atoms with Crippen molar-refractivity contribution in [2.24, 2.45) is 5.41 Å². The summed E-state index contributed by atoms with van der Waals surface area (Å²) in [7, 11) is 0. The maximum Gasteiger partial charge on any atom is 0.140 e. The monoisotopic (exact) mass is 319 g/mol. The van der Waals surface area contributed by atoms with E-state index in [9.17, 15) is 5.11 Å². The fourth-order valence-electron chi connectivity index (χ4n) is 3.98. The zero-order valence-corrected chi connectivity index (χ0v) is 13.6. The van der Waals surface area contributed by atoms with Crippen LogP contribution in [0.4, 0.5) is 5.82 Å². The molecule has 0 amide bonds. The third kappa shape index (κ3) is 2.05. The lowest BCUT2D eigenvalue weighted by Gasteiger charge is -2.56. The molecule has 1 saturated heterocycles. The van der Waals surface area contributed by atoms with Gasteiger partial charge in [0, 0.05) is 31.5 Å². The van der Waals surface area contributed by atoms with Gasteiger partial charge in [-0.3, -0.25) is 0 Å². The van der Waals surface area contributed by atoms with E-state index >= 15 is 0 Å². The van der Waals surface area contributed by atoms with Gasteiger partial charge in [-0.2, -0.15) is 0 Å². The molecular weight excluding hydrogens is 298 g/mol. The molecule has 22 heavy (non-hydrogen) atoms. The third-order valence-corrected chi connectivity index (χ3v) is 6.17. The highest BCUT2D eigenvalue weighted by Gasteiger charge is 2.56. The van der Waals surface area contributed by atoms with Crippen LogP contribution < -0.4 is 4.90 Å². The number of fused-ring (bicyclic) bond motifs is 1. The number of aliphatic hydroxyl groups excluding tert-OH is 1. The standard InChI is InChI=1S/C16H21N3O2S/c1-2-21-13-9-12(20)16(13)4-6-19(7-5-16)14-11-3-8-22-15(11)18-10-17-14/h3,8,10,12-13,20H,2,4-7,9H2,1H3/t12-,13+/m0/s1. The Morgan fingerprint density at radius 3 is 2.95 bits per heavy atom. The summed E-state index contributed by atoms with van der Waals surface area (Å²) in [5.74, 6) is 1.03. The first kappa shape index (κ1) is 14.4. The van der Waals surface area contributed by atoms with Crippen molar-refractivity contribution in [3.8, 4) is 0 Å². The lowest BCUT2D eigenvalue weighted by molar-refractivity contribution is -0.199. The Bertz CT molecular complexity index is 664. The Balaban J connectivity index is 1.53. The quantitative estimate of drug-likeness (QED) is 0.942. The van der Waals surface area contributed by atoms with Crippen molar-refractivity contribution in [1.82, 2.24) is 9.97 Å². The van der Waals surface area contributed by atoms with E-state index in [0.29, 0.717) is 0 Å². The molecular formula is C16H21N3O2S. The second-order valence-electron chi connectivity index (χ2n) is 6.25. The molecule has 2 atom stereocenters. The first-order valence-corrected chi connectivity index (χ1v) is 8.85. The molecule has 2 aliphatic rings. The molecule has 2 fully saturated rings. The molecule has 6 heteroatoms. The molecule has 5 nitrogen and oxygen atoms in total. The van der Waals surface area contributed by atoms with Crippen LogP contribution in [0.2, 0.25) is 0 Å². The number of hydrogen-bond acceptors (Lipinski definition) is 6. The van der Waals surface area contributed by atoms with Crippen LogP contribution in [-0.4, -0.2) is 47.0 Å². The fourth-order valence-corrected chi connectivity index (χ4v) is 4.71. The van der Waals surface area contributed by atoms with Crippen LogP contribution in [0.5, 0.6) is 0 Å². The van der Waals surface area contributed by atoms with Gasteiger partial charge < -0.3 is 14.7 Å². The van der Waals surface area contributed by atoms with Crippen molar-refractivity contribution < 1.29 is 9.84 Å². The Labute approximate surface area is 133 Å². The highest BCUT2D eigenvalue weighted by Crippen LogP contribution is 2.51. The molecule has 0 unspecified atom stereocenters. The van der Waals surface area contributed by atoms with Crippen LogP contribution in [0.3, 0.4) is 0 Å². The van der Waals surface area contributed by atoms with E-state index in [1.165, 1.54) is 0 Å². The number of ether oxygens (including phenoxy) is 1. The summed E-state index contributed by atoms with van der Waals surface area (Å²) in [5, 5.41) is 13.5. The number of anilines is 1. The number of nitrogens with zero attached hydrogens (tertiary/aromatic N) is 3. The molecule has 2 aromatic rings. The first-order chi connectivity index (χ1) is 10.7. The summed E-state index contributed by atoms with van der Waals surface area (Å²) in [6.45, 7) is 4.59. The normalized spacial score (nSPS) is 27.3. The van der Waals surface area contributed by atoms with E-state index in [1.807, 2.05) is 6.92 Å². The summed E-state index contributed by atoms with van der Waals surface area (Å²) < 4.78 is 5.84. The molecule has 1 spiro atoms. The second kappa shape index (κ2) is 5.44. The molecule has 0 bridgehead atoms. The van der Waals surface area contributed by atoms with Gasteiger partial charge in [0.1, 0.15) is 17.0 Å². The van der Waals surface area contributed by atoms with Crippen molar-refractivity contribution in [3.63, 3.8) is 0 Å². The van der Waals surface area contributed by atoms with E-state index in [2.05, 4.69) is 26.3 Å². The zero-order valence-electron chi connectivity index (χ0n) is 12.7. The molecule has 1 N–H and O–H groups in total. The van der Waals surface area contributed by atoms with Crippen LogP contribution in [0.15, 0.2) is 17.8 Å². The van der Waals surface area contributed by atoms with Gasteiger partial charge in [0.05, 0.1) is 17.6 Å². The number of aliphatic hydroxyl groups is 1. The number of hydrogen-bond donors (Lipinski definition) is 1. The first-order valence-electron chi connectivity index (χ1n) is 7.97. The van der Waals surface area contributed by atoms with Gasteiger partial charge in [0.15, 0.2) is 0 Å². The van der Waals surface area contributed by atoms with Crippen molar-refractivity contribution in [1.29, 1.82) is 0 Å². The molecule has 4 rings (SSSR count). The Kier molecular flexibility index (Phi) is 3.55. The number of aromatic nitrogens is 2. The fraction of sp³-hybridized carbons (Fsp3) is 0.625. The van der Waals surface area contributed by atoms with E-state index < -0.39 is 0 Å². The van der Waals surface area contributed by atoms with Crippen LogP contribution in [-0.2, 0) is 4.74 Å². The van der Waals surface area contributed by atoms with Crippen molar-refractivity contribution >= 4 is 27.4 Å². The lowest BCUT2D eigenvalue weighted by atomic mass is 9.58. The van der Waals surface area contributed by atoms with Gasteiger partial charge >= 0.3 is 0 Å². The zero-order chi connectivity index (χ0) is 15.2. The SMILES string of the molecule is CCO[C@@H]1C[C@H](O)C12CCN(c1ncnc3sccc13)CC2. The largest absolute Gasteiger partial charge is 0.392 e. The topological polar surface area (TPSA) is 58.5 Å². The van der Waals surface area contributed by atoms with Gasteiger partial charge in [0.2, 0.25) is 0 Å². The summed E-state index contributed by atoms with van der Waals surface area (Å²) in [6.07, 6.45) is 4.39. The molecule has 1 aliphatic heterocycles. The van der Waals surface area contributed by atoms with Gasteiger partial charge in [0.25, 0.3) is 0 Å². The van der Waals surface area contributed by atoms with E-state index in [-0.39, 0.29) is 17.6 Å². The molecule has 1 aliphatic carbocycles. The van der Waals surface area contributed by atoms with Gasteiger partial charge in [-0.25, -0.2) is 9.97 Å². The second-order valence-corrected chi connectivity index (χ2v) is 7.15. The van der Waals surface area contributed by atoms with Gasteiger partial charge in [-0.1, -0.05) is 0 Å². The molecule has 0 aromatic carbocycles. The maximum atomic E-state index is 10.3. The predicted octanol–water partition coefficient (Wildman–Crippen LogP) is 2.45. The predicted molar refractivity (Wildman–Crippen MR) is 87.3 cm³/mol. The lowest BCUT2D eigenvalue weighted by Crippen LogP contribution is -2.62. The van der Waals surface area contributed by atoms with Gasteiger partial charge in [-0.15, -0.1) is 11.3 Å². The summed E-state index contributed by atoms with van der Waals surface area (Å²) >= 11 is 1.65. The van der Waals surface area contributed by atoms with Crippen LogP contribution >= 0.6 is 11.3 Å². The Morgan fingerprint density at radius 2 is 2.23 bits per heavy atom. The minimum absolute atomic E-state index is 0.0344.